The molecule has 31 heavy (non-hydrogen) atoms. The molecule has 1 aliphatic rings. The highest BCUT2D eigenvalue weighted by Crippen LogP contribution is 2.42. The first-order valence-corrected chi connectivity index (χ1v) is 10.6. The lowest BCUT2D eigenvalue weighted by Gasteiger charge is -2.12. The largest absolute Gasteiger partial charge is 0.497 e. The predicted octanol–water partition coefficient (Wildman–Crippen LogP) is 5.29. The molecule has 154 valence electrons. The summed E-state index contributed by atoms with van der Waals surface area (Å²) in [5.74, 6) is 0.415. The number of hydrogen-bond donors (Lipinski definition) is 1. The maximum Gasteiger partial charge on any atom is 0.260 e. The van der Waals surface area contributed by atoms with Crippen LogP contribution in [0.4, 0.5) is 0 Å². The van der Waals surface area contributed by atoms with Gasteiger partial charge in [-0.25, -0.2) is 0 Å². The van der Waals surface area contributed by atoms with Gasteiger partial charge in [0.25, 0.3) is 5.56 Å². The van der Waals surface area contributed by atoms with Gasteiger partial charge in [-0.2, -0.15) is 0 Å². The number of H-pyrrole nitrogens is 1. The van der Waals surface area contributed by atoms with Crippen molar-refractivity contribution < 1.29 is 14.3 Å². The Labute approximate surface area is 186 Å². The fraction of sp³-hybridized carbons (Fsp3) is 0.120. The number of hydrogen-bond acceptors (Lipinski definition) is 4. The number of aromatic amines is 1. The van der Waals surface area contributed by atoms with E-state index in [1.165, 1.54) is 0 Å². The monoisotopic (exact) mass is 475 g/mol. The molecule has 0 radical (unpaired) electrons. The Morgan fingerprint density at radius 1 is 1.03 bits per heavy atom. The zero-order valence-corrected chi connectivity index (χ0v) is 18.2. The molecule has 0 aliphatic carbocycles. The highest BCUT2D eigenvalue weighted by molar-refractivity contribution is 9.10. The quantitative estimate of drug-likeness (QED) is 0.314. The molecular formula is C25H18BrNO4. The predicted molar refractivity (Wildman–Crippen MR) is 123 cm³/mol. The summed E-state index contributed by atoms with van der Waals surface area (Å²) < 4.78 is 11.8. The molecule has 2 heterocycles. The molecule has 3 aromatic carbocycles. The second kappa shape index (κ2) is 7.80. The fourth-order valence-corrected chi connectivity index (χ4v) is 4.27. The summed E-state index contributed by atoms with van der Waals surface area (Å²) in [5, 5.41) is 0.796. The van der Waals surface area contributed by atoms with Crippen LogP contribution in [-0.2, 0) is 4.74 Å². The summed E-state index contributed by atoms with van der Waals surface area (Å²) in [7, 11) is 1.60. The van der Waals surface area contributed by atoms with Crippen molar-refractivity contribution in [3.05, 3.63) is 98.7 Å². The minimum atomic E-state index is -0.693. The number of epoxide rings is 1. The third-order valence-corrected chi connectivity index (χ3v) is 5.97. The maximum absolute atomic E-state index is 13.5. The molecular weight excluding hydrogens is 458 g/mol. The van der Waals surface area contributed by atoms with Crippen LogP contribution in [0.3, 0.4) is 0 Å². The molecule has 1 aromatic heterocycles. The number of Topliss-reactive ketones (excluding diaryl/α,β-unsaturated/α-hetero) is 1. The van der Waals surface area contributed by atoms with Crippen LogP contribution in [0.2, 0.25) is 0 Å². The molecule has 1 aliphatic heterocycles. The van der Waals surface area contributed by atoms with E-state index in [-0.39, 0.29) is 17.5 Å². The van der Waals surface area contributed by atoms with Gasteiger partial charge in [-0.05, 0) is 41.5 Å². The van der Waals surface area contributed by atoms with E-state index in [4.69, 9.17) is 9.47 Å². The molecule has 0 spiro atoms. The molecule has 1 N–H and O–H groups in total. The van der Waals surface area contributed by atoms with E-state index in [1.54, 1.807) is 7.11 Å². The van der Waals surface area contributed by atoms with Crippen molar-refractivity contribution in [2.75, 3.05) is 7.11 Å². The number of halogens is 1. The van der Waals surface area contributed by atoms with Gasteiger partial charge in [-0.3, -0.25) is 9.59 Å². The SMILES string of the molecule is COc1ccc([C@H]2O[C@@H]2C(=O)c2c(-c3ccccc3)c3cc(Br)ccc3[nH]c2=O)cc1. The number of ketones is 1. The van der Waals surface area contributed by atoms with Crippen LogP contribution in [-0.4, -0.2) is 24.0 Å². The summed E-state index contributed by atoms with van der Waals surface area (Å²) in [5.41, 5.74) is 2.68. The highest BCUT2D eigenvalue weighted by atomic mass is 79.9. The van der Waals surface area contributed by atoms with Crippen molar-refractivity contribution in [1.82, 2.24) is 4.98 Å². The number of carbonyl (C=O) groups is 1. The Kier molecular flexibility index (Phi) is 4.96. The van der Waals surface area contributed by atoms with Gasteiger partial charge < -0.3 is 14.5 Å². The van der Waals surface area contributed by atoms with E-state index in [0.29, 0.717) is 11.1 Å². The lowest BCUT2D eigenvalue weighted by atomic mass is 9.92. The average molecular weight is 476 g/mol. The molecule has 1 fully saturated rings. The summed E-state index contributed by atoms with van der Waals surface area (Å²) in [4.78, 5) is 29.4. The van der Waals surface area contributed by atoms with E-state index in [2.05, 4.69) is 20.9 Å². The Bertz CT molecular complexity index is 1350. The van der Waals surface area contributed by atoms with Crippen molar-refractivity contribution in [1.29, 1.82) is 0 Å². The molecule has 0 unspecified atom stereocenters. The zero-order valence-electron chi connectivity index (χ0n) is 16.6. The molecule has 0 saturated carbocycles. The summed E-state index contributed by atoms with van der Waals surface area (Å²) in [6.07, 6.45) is -1.07. The molecule has 1 saturated heterocycles. The lowest BCUT2D eigenvalue weighted by Crippen LogP contribution is -2.23. The Hall–Kier alpha value is -3.22. The van der Waals surface area contributed by atoms with E-state index < -0.39 is 11.7 Å². The van der Waals surface area contributed by atoms with Crippen molar-refractivity contribution in [3.63, 3.8) is 0 Å². The van der Waals surface area contributed by atoms with Crippen molar-refractivity contribution in [2.45, 2.75) is 12.2 Å². The van der Waals surface area contributed by atoms with Gasteiger partial charge in [0, 0.05) is 20.9 Å². The van der Waals surface area contributed by atoms with Crippen LogP contribution in [0.15, 0.2) is 82.1 Å². The van der Waals surface area contributed by atoms with Gasteiger partial charge in [0.1, 0.15) is 11.9 Å². The van der Waals surface area contributed by atoms with Crippen molar-refractivity contribution >= 4 is 32.6 Å². The molecule has 0 bridgehead atoms. The molecule has 2 atom stereocenters. The Balaban J connectivity index is 1.62. The van der Waals surface area contributed by atoms with Gasteiger partial charge in [-0.1, -0.05) is 58.4 Å². The number of pyridine rings is 1. The summed E-state index contributed by atoms with van der Waals surface area (Å²) >= 11 is 3.50. The minimum absolute atomic E-state index is 0.123. The van der Waals surface area contributed by atoms with E-state index in [9.17, 15) is 9.59 Å². The molecule has 5 nitrogen and oxygen atoms in total. The zero-order chi connectivity index (χ0) is 21.5. The van der Waals surface area contributed by atoms with E-state index >= 15 is 0 Å². The fourth-order valence-electron chi connectivity index (χ4n) is 3.91. The molecule has 6 heteroatoms. The number of methoxy groups -OCH3 is 1. The van der Waals surface area contributed by atoms with Crippen molar-refractivity contribution in [2.24, 2.45) is 0 Å². The Morgan fingerprint density at radius 3 is 2.48 bits per heavy atom. The molecule has 5 rings (SSSR count). The first-order valence-electron chi connectivity index (χ1n) is 9.81. The van der Waals surface area contributed by atoms with Gasteiger partial charge >= 0.3 is 0 Å². The number of fused-ring (bicyclic) bond motifs is 1. The van der Waals surface area contributed by atoms with Crippen LogP contribution in [0, 0.1) is 0 Å². The van der Waals surface area contributed by atoms with E-state index in [0.717, 1.165) is 26.7 Å². The molecule has 0 amide bonds. The van der Waals surface area contributed by atoms with Crippen LogP contribution in [0.25, 0.3) is 22.0 Å². The van der Waals surface area contributed by atoms with Crippen molar-refractivity contribution in [3.8, 4) is 16.9 Å². The van der Waals surface area contributed by atoms with E-state index in [1.807, 2.05) is 72.8 Å². The minimum Gasteiger partial charge on any atom is -0.497 e. The van der Waals surface area contributed by atoms with Gasteiger partial charge in [0.05, 0.1) is 12.7 Å². The number of carbonyl (C=O) groups excluding carboxylic acids is 1. The second-order valence-corrected chi connectivity index (χ2v) is 8.29. The van der Waals surface area contributed by atoms with Crippen LogP contribution < -0.4 is 10.3 Å². The third kappa shape index (κ3) is 3.58. The standard InChI is InChI=1S/C25H18BrNO4/c1-30-17-10-7-15(8-11-17)23-24(31-23)22(28)21-20(14-5-3-2-4-6-14)18-13-16(26)9-12-19(18)27-25(21)29/h2-13,23-24H,1H3,(H,27,29)/t23-,24-/m1/s1. The number of aromatic nitrogens is 1. The van der Waals surface area contributed by atoms with Gasteiger partial charge in [-0.15, -0.1) is 0 Å². The number of nitrogens with one attached hydrogen (secondary N) is 1. The third-order valence-electron chi connectivity index (χ3n) is 5.48. The Morgan fingerprint density at radius 2 is 1.77 bits per heavy atom. The summed E-state index contributed by atoms with van der Waals surface area (Å²) in [6.45, 7) is 0. The van der Waals surface area contributed by atoms with Gasteiger partial charge in [0.15, 0.2) is 6.10 Å². The normalized spacial score (nSPS) is 17.5. The number of ether oxygens (including phenoxy) is 2. The lowest BCUT2D eigenvalue weighted by molar-refractivity contribution is 0.0953. The van der Waals surface area contributed by atoms with Crippen LogP contribution in [0.5, 0.6) is 5.75 Å². The van der Waals surface area contributed by atoms with Crippen LogP contribution >= 0.6 is 15.9 Å². The second-order valence-electron chi connectivity index (χ2n) is 7.37. The molecule has 4 aromatic rings. The van der Waals surface area contributed by atoms with Crippen LogP contribution in [0.1, 0.15) is 22.0 Å². The first kappa shape index (κ1) is 19.7. The summed E-state index contributed by atoms with van der Waals surface area (Å²) in [6, 6.07) is 22.5. The topological polar surface area (TPSA) is 71.7 Å². The average Bonchev–Trinajstić information content (AvgIpc) is 3.60. The number of benzene rings is 3. The van der Waals surface area contributed by atoms with Gasteiger partial charge in [0.2, 0.25) is 5.78 Å². The highest BCUT2D eigenvalue weighted by Gasteiger charge is 2.47. The first-order chi connectivity index (χ1) is 15.1. The smallest absolute Gasteiger partial charge is 0.260 e. The maximum atomic E-state index is 13.5. The number of rotatable bonds is 5.